The maximum absolute atomic E-state index is 12.6. The number of nitrogens with one attached hydrogen (secondary N) is 1. The molecule has 11 nitrogen and oxygen atoms in total. The molecule has 32 heavy (non-hydrogen) atoms. The third-order valence-electron chi connectivity index (χ3n) is 4.79. The summed E-state index contributed by atoms with van der Waals surface area (Å²) >= 11 is 1.27. The summed E-state index contributed by atoms with van der Waals surface area (Å²) < 4.78 is 8.99. The van der Waals surface area contributed by atoms with Crippen molar-refractivity contribution in [3.05, 3.63) is 56.8 Å². The third kappa shape index (κ3) is 4.05. The predicted molar refractivity (Wildman–Crippen MR) is 119 cm³/mol. The van der Waals surface area contributed by atoms with Gasteiger partial charge in [-0.3, -0.25) is 18.7 Å². The van der Waals surface area contributed by atoms with Gasteiger partial charge in [-0.15, -0.1) is 11.3 Å². The first-order chi connectivity index (χ1) is 15.4. The molecule has 0 saturated heterocycles. The summed E-state index contributed by atoms with van der Waals surface area (Å²) in [6.07, 6.45) is 1.36. The van der Waals surface area contributed by atoms with E-state index in [9.17, 15) is 14.4 Å². The second-order valence-corrected chi connectivity index (χ2v) is 7.79. The maximum Gasteiger partial charge on any atom is 0.332 e. The largest absolute Gasteiger partial charge is 0.491 e. The smallest absolute Gasteiger partial charge is 0.332 e. The Kier molecular flexibility index (Phi) is 5.88. The van der Waals surface area contributed by atoms with Crippen LogP contribution in [0.1, 0.15) is 0 Å². The van der Waals surface area contributed by atoms with Crippen molar-refractivity contribution in [3.8, 4) is 17.0 Å². The Bertz CT molecular complexity index is 1400. The Balaban J connectivity index is 1.49. The Morgan fingerprint density at radius 3 is 2.66 bits per heavy atom. The molecular formula is C20H20N6O5S. The summed E-state index contributed by atoms with van der Waals surface area (Å²) in [5.41, 5.74) is 0.929. The molecule has 1 amide bonds. The number of hydrogen-bond acceptors (Lipinski definition) is 8. The van der Waals surface area contributed by atoms with E-state index in [0.717, 1.165) is 10.1 Å². The van der Waals surface area contributed by atoms with Crippen molar-refractivity contribution in [1.29, 1.82) is 0 Å². The average molecular weight is 456 g/mol. The number of aryl methyl sites for hydroxylation is 1. The van der Waals surface area contributed by atoms with Gasteiger partial charge in [-0.25, -0.2) is 14.8 Å². The minimum Gasteiger partial charge on any atom is -0.491 e. The monoisotopic (exact) mass is 456 g/mol. The number of nitrogens with zero attached hydrogens (tertiary/aromatic N) is 5. The summed E-state index contributed by atoms with van der Waals surface area (Å²) in [7, 11) is 2.90. The highest BCUT2D eigenvalue weighted by atomic mass is 32.1. The Labute approximate surface area is 185 Å². The lowest BCUT2D eigenvalue weighted by Crippen LogP contribution is -2.37. The van der Waals surface area contributed by atoms with Crippen molar-refractivity contribution in [3.63, 3.8) is 0 Å². The van der Waals surface area contributed by atoms with Crippen LogP contribution in [0.15, 0.2) is 45.6 Å². The molecule has 3 heterocycles. The highest BCUT2D eigenvalue weighted by molar-refractivity contribution is 7.14. The Morgan fingerprint density at radius 1 is 1.19 bits per heavy atom. The molecule has 0 radical (unpaired) electrons. The molecule has 0 atom stereocenters. The van der Waals surface area contributed by atoms with Gasteiger partial charge in [0.15, 0.2) is 16.3 Å². The number of aliphatic hydroxyl groups excluding tert-OH is 1. The number of rotatable bonds is 7. The number of fused-ring (bicyclic) bond motifs is 1. The van der Waals surface area contributed by atoms with E-state index < -0.39 is 11.2 Å². The summed E-state index contributed by atoms with van der Waals surface area (Å²) in [5, 5.41) is 13.8. The van der Waals surface area contributed by atoms with Crippen LogP contribution in [0.2, 0.25) is 0 Å². The maximum atomic E-state index is 12.6. The van der Waals surface area contributed by atoms with Crippen molar-refractivity contribution in [2.75, 3.05) is 18.5 Å². The lowest BCUT2D eigenvalue weighted by Gasteiger charge is -2.06. The third-order valence-corrected chi connectivity index (χ3v) is 5.55. The average Bonchev–Trinajstić information content (AvgIpc) is 3.42. The number of hydrogen-bond donors (Lipinski definition) is 2. The van der Waals surface area contributed by atoms with Gasteiger partial charge in [-0.2, -0.15) is 0 Å². The van der Waals surface area contributed by atoms with Crippen molar-refractivity contribution in [1.82, 2.24) is 23.7 Å². The van der Waals surface area contributed by atoms with Gasteiger partial charge >= 0.3 is 5.69 Å². The van der Waals surface area contributed by atoms with Crippen LogP contribution in [0.25, 0.3) is 22.4 Å². The number of imidazole rings is 1. The normalized spacial score (nSPS) is 11.1. The zero-order valence-corrected chi connectivity index (χ0v) is 18.1. The molecular weight excluding hydrogens is 436 g/mol. The molecule has 0 aliphatic carbocycles. The molecule has 0 saturated carbocycles. The second kappa shape index (κ2) is 8.77. The topological polar surface area (TPSA) is 133 Å². The van der Waals surface area contributed by atoms with Gasteiger partial charge in [0.25, 0.3) is 5.56 Å². The van der Waals surface area contributed by atoms with Crippen LogP contribution in [-0.4, -0.2) is 47.9 Å². The van der Waals surface area contributed by atoms with Crippen LogP contribution in [0.3, 0.4) is 0 Å². The first kappa shape index (κ1) is 21.5. The van der Waals surface area contributed by atoms with E-state index in [1.807, 2.05) is 17.5 Å². The molecule has 0 spiro atoms. The fourth-order valence-corrected chi connectivity index (χ4v) is 3.92. The van der Waals surface area contributed by atoms with Gasteiger partial charge in [0.05, 0.1) is 18.6 Å². The number of benzene rings is 1. The summed E-state index contributed by atoms with van der Waals surface area (Å²) in [5.74, 6) is 0.261. The molecule has 166 valence electrons. The molecule has 0 aliphatic heterocycles. The number of amides is 1. The molecule has 0 bridgehead atoms. The van der Waals surface area contributed by atoms with Crippen LogP contribution in [0.4, 0.5) is 5.13 Å². The molecule has 4 rings (SSSR count). The number of anilines is 1. The molecule has 0 unspecified atom stereocenters. The van der Waals surface area contributed by atoms with Gasteiger partial charge in [0.1, 0.15) is 18.9 Å². The first-order valence-corrected chi connectivity index (χ1v) is 10.5. The lowest BCUT2D eigenvalue weighted by atomic mass is 10.2. The van der Waals surface area contributed by atoms with E-state index in [-0.39, 0.29) is 36.8 Å². The van der Waals surface area contributed by atoms with Gasteiger partial charge in [-0.1, -0.05) is 0 Å². The minimum absolute atomic E-state index is 0.0571. The molecule has 0 fully saturated rings. The zero-order chi connectivity index (χ0) is 22.8. The summed E-state index contributed by atoms with van der Waals surface area (Å²) in [6, 6.07) is 7.23. The fraction of sp³-hybridized carbons (Fsp3) is 0.250. The minimum atomic E-state index is -0.517. The highest BCUT2D eigenvalue weighted by Gasteiger charge is 2.16. The van der Waals surface area contributed by atoms with Crippen molar-refractivity contribution in [2.24, 2.45) is 14.1 Å². The van der Waals surface area contributed by atoms with E-state index in [4.69, 9.17) is 9.84 Å². The van der Waals surface area contributed by atoms with E-state index in [2.05, 4.69) is 15.3 Å². The number of ether oxygens (including phenoxy) is 1. The molecule has 1 aromatic carbocycles. The first-order valence-electron chi connectivity index (χ1n) is 9.59. The number of aromatic nitrogens is 5. The molecule has 0 aliphatic rings. The van der Waals surface area contributed by atoms with Crippen LogP contribution in [0, 0.1) is 0 Å². The number of carbonyl (C=O) groups excluding carboxylic acids is 1. The van der Waals surface area contributed by atoms with Crippen molar-refractivity contribution < 1.29 is 14.6 Å². The summed E-state index contributed by atoms with van der Waals surface area (Å²) in [6.45, 7) is 0.00897. The zero-order valence-electron chi connectivity index (χ0n) is 17.3. The van der Waals surface area contributed by atoms with Gasteiger partial charge in [0.2, 0.25) is 5.91 Å². The molecule has 4 aromatic rings. The van der Waals surface area contributed by atoms with E-state index >= 15 is 0 Å². The van der Waals surface area contributed by atoms with Crippen molar-refractivity contribution in [2.45, 2.75) is 6.54 Å². The Hall–Kier alpha value is -3.77. The van der Waals surface area contributed by atoms with Crippen LogP contribution < -0.4 is 21.3 Å². The van der Waals surface area contributed by atoms with Crippen LogP contribution in [-0.2, 0) is 25.4 Å². The SMILES string of the molecule is Cn1c(=O)c2c(ncn2CC(=O)Nc2nc(-c3ccc(OCCO)cc3)cs2)n(C)c1=O. The quantitative estimate of drug-likeness (QED) is 0.415. The van der Waals surface area contributed by atoms with Gasteiger partial charge in [-0.05, 0) is 24.3 Å². The standard InChI is InChI=1S/C20H20N6O5S/c1-24-17-16(18(29)25(2)20(24)30)26(11-21-17)9-15(28)23-19-22-14(10-32-19)12-3-5-13(6-4-12)31-8-7-27/h3-6,10-11,27H,7-9H2,1-2H3,(H,22,23,28). The molecule has 2 N–H and O–H groups in total. The van der Waals surface area contributed by atoms with E-state index in [1.54, 1.807) is 12.1 Å². The Morgan fingerprint density at radius 2 is 1.94 bits per heavy atom. The molecule has 12 heteroatoms. The van der Waals surface area contributed by atoms with Gasteiger partial charge in [0, 0.05) is 25.0 Å². The van der Waals surface area contributed by atoms with Gasteiger partial charge < -0.3 is 19.7 Å². The number of thiazole rings is 1. The number of carbonyl (C=O) groups is 1. The van der Waals surface area contributed by atoms with E-state index in [0.29, 0.717) is 16.6 Å². The molecule has 3 aromatic heterocycles. The predicted octanol–water partition coefficient (Wildman–Crippen LogP) is 0.567. The number of aliphatic hydroxyl groups is 1. The van der Waals surface area contributed by atoms with E-state index in [1.165, 1.54) is 40.9 Å². The second-order valence-electron chi connectivity index (χ2n) is 6.93. The fourth-order valence-electron chi connectivity index (χ4n) is 3.18. The van der Waals surface area contributed by atoms with Crippen LogP contribution in [0.5, 0.6) is 5.75 Å². The highest BCUT2D eigenvalue weighted by Crippen LogP contribution is 2.26. The van der Waals surface area contributed by atoms with Crippen molar-refractivity contribution >= 4 is 33.5 Å². The van der Waals surface area contributed by atoms with Crippen LogP contribution >= 0.6 is 11.3 Å². The summed E-state index contributed by atoms with van der Waals surface area (Å²) in [4.78, 5) is 45.6. The lowest BCUT2D eigenvalue weighted by molar-refractivity contribution is -0.116.